The number of nitrogens with zero attached hydrogens (tertiary/aromatic N) is 2. The van der Waals surface area contributed by atoms with Crippen molar-refractivity contribution >= 4 is 51.5 Å². The van der Waals surface area contributed by atoms with Crippen LogP contribution in [0.15, 0.2) is 133 Å². The molecule has 5 heteroatoms. The number of ketones is 1. The van der Waals surface area contributed by atoms with E-state index in [-0.39, 0.29) is 29.9 Å². The summed E-state index contributed by atoms with van der Waals surface area (Å²) in [5, 5.41) is 2.94. The van der Waals surface area contributed by atoms with Crippen LogP contribution in [0.3, 0.4) is 0 Å². The van der Waals surface area contributed by atoms with Crippen molar-refractivity contribution in [3.8, 4) is 0 Å². The number of amides is 1. The van der Waals surface area contributed by atoms with E-state index in [0.717, 1.165) is 34.1 Å². The number of rotatable bonds is 12. The van der Waals surface area contributed by atoms with Gasteiger partial charge >= 0.3 is 0 Å². The minimum atomic E-state index is -0.152. The summed E-state index contributed by atoms with van der Waals surface area (Å²) in [7, 11) is 0. The first kappa shape index (κ1) is 33.2. The molecule has 0 fully saturated rings. The fourth-order valence-corrected chi connectivity index (χ4v) is 5.64. The Kier molecular flexibility index (Phi) is 10.6. The number of benzene rings is 5. The van der Waals surface area contributed by atoms with E-state index in [2.05, 4.69) is 121 Å². The molecule has 1 amide bonds. The Morgan fingerprint density at radius 2 is 0.936 bits per heavy atom. The van der Waals surface area contributed by atoms with E-state index >= 15 is 0 Å². The maximum Gasteiger partial charge on any atom is 0.224 e. The minimum absolute atomic E-state index is 0.0794. The molecule has 0 spiro atoms. The van der Waals surface area contributed by atoms with Crippen molar-refractivity contribution < 1.29 is 9.59 Å². The van der Waals surface area contributed by atoms with E-state index in [1.807, 2.05) is 62.4 Å². The summed E-state index contributed by atoms with van der Waals surface area (Å²) in [6.45, 7) is 10.7. The van der Waals surface area contributed by atoms with Crippen molar-refractivity contribution in [1.82, 2.24) is 0 Å². The molecule has 0 saturated carbocycles. The molecule has 5 aromatic rings. The van der Waals surface area contributed by atoms with Gasteiger partial charge in [-0.3, -0.25) is 9.59 Å². The summed E-state index contributed by atoms with van der Waals surface area (Å²) >= 11 is 0. The highest BCUT2D eigenvalue weighted by molar-refractivity contribution is 5.94. The lowest BCUT2D eigenvalue weighted by atomic mass is 9.87. The molecule has 0 bridgehead atoms. The molecule has 0 aromatic heterocycles. The zero-order valence-corrected chi connectivity index (χ0v) is 28.1. The van der Waals surface area contributed by atoms with Crippen LogP contribution in [-0.4, -0.2) is 11.7 Å². The zero-order chi connectivity index (χ0) is 33.4. The van der Waals surface area contributed by atoms with Gasteiger partial charge in [0.05, 0.1) is 0 Å². The predicted octanol–water partition coefficient (Wildman–Crippen LogP) is 11.3. The van der Waals surface area contributed by atoms with Crippen molar-refractivity contribution in [2.24, 2.45) is 5.92 Å². The van der Waals surface area contributed by atoms with Gasteiger partial charge in [0.25, 0.3) is 0 Å². The Balaban J connectivity index is 1.41. The summed E-state index contributed by atoms with van der Waals surface area (Å²) in [6.07, 6.45) is 0.966. The van der Waals surface area contributed by atoms with E-state index in [1.54, 1.807) is 0 Å². The van der Waals surface area contributed by atoms with Gasteiger partial charge in [-0.25, -0.2) is 0 Å². The average molecular weight is 624 g/mol. The van der Waals surface area contributed by atoms with E-state index in [0.29, 0.717) is 18.0 Å². The van der Waals surface area contributed by atoms with Crippen molar-refractivity contribution in [2.75, 3.05) is 15.1 Å². The first-order valence-corrected chi connectivity index (χ1v) is 16.4. The standard InChI is InChI=1S/C42H45N3O2/c1-31(2)30-40(46)28-29-41(47)43-33-18-22-37(23-19-33)45(35-14-10-7-11-15-35)39-26-24-38(25-27-39)44(34-12-8-6-9-13-34)36-20-16-32(17-21-36)42(3,4)5/h6-27,31H,28-30H2,1-5H3,(H,43,47). The molecule has 5 aromatic carbocycles. The number of carbonyl (C=O) groups is 2. The fraction of sp³-hybridized carbons (Fsp3) is 0.238. The van der Waals surface area contributed by atoms with Crippen molar-refractivity contribution in [3.63, 3.8) is 0 Å². The molecule has 1 N–H and O–H groups in total. The molecule has 240 valence electrons. The first-order valence-electron chi connectivity index (χ1n) is 16.4. The van der Waals surface area contributed by atoms with Crippen LogP contribution in [0.2, 0.25) is 0 Å². The molecule has 0 aliphatic carbocycles. The molecular formula is C42H45N3O2. The molecule has 0 aliphatic rings. The number of nitrogens with one attached hydrogen (secondary N) is 1. The second-order valence-corrected chi connectivity index (χ2v) is 13.4. The summed E-state index contributed by atoms with van der Waals surface area (Å²) < 4.78 is 0. The SMILES string of the molecule is CC(C)CC(=O)CCC(=O)Nc1ccc(N(c2ccccc2)c2ccc(N(c3ccccc3)c3ccc(C(C)(C)C)cc3)cc2)cc1. The third-order valence-corrected chi connectivity index (χ3v) is 8.06. The van der Waals surface area contributed by atoms with Gasteiger partial charge in [-0.1, -0.05) is 83.1 Å². The molecule has 5 rings (SSSR count). The van der Waals surface area contributed by atoms with E-state index < -0.39 is 0 Å². The summed E-state index contributed by atoms with van der Waals surface area (Å²) in [4.78, 5) is 29.1. The number of carbonyl (C=O) groups excluding carboxylic acids is 2. The quantitative estimate of drug-likeness (QED) is 0.150. The van der Waals surface area contributed by atoms with Crippen LogP contribution in [0.25, 0.3) is 0 Å². The van der Waals surface area contributed by atoms with Gasteiger partial charge in [-0.05, 0) is 102 Å². The number of anilines is 7. The highest BCUT2D eigenvalue weighted by Gasteiger charge is 2.18. The molecule has 0 atom stereocenters. The van der Waals surface area contributed by atoms with Crippen LogP contribution in [0.1, 0.15) is 59.4 Å². The Hall–Kier alpha value is -5.16. The van der Waals surface area contributed by atoms with Crippen LogP contribution < -0.4 is 15.1 Å². The minimum Gasteiger partial charge on any atom is -0.326 e. The monoisotopic (exact) mass is 623 g/mol. The molecular weight excluding hydrogens is 578 g/mol. The van der Waals surface area contributed by atoms with E-state index in [4.69, 9.17) is 0 Å². The van der Waals surface area contributed by atoms with E-state index in [1.165, 1.54) is 5.56 Å². The Bertz CT molecular complexity index is 1740. The normalized spacial score (nSPS) is 11.3. The van der Waals surface area contributed by atoms with Crippen molar-refractivity contribution in [2.45, 2.75) is 59.3 Å². The topological polar surface area (TPSA) is 52.7 Å². The van der Waals surface area contributed by atoms with Crippen LogP contribution in [0.4, 0.5) is 39.8 Å². The largest absolute Gasteiger partial charge is 0.326 e. The number of hydrogen-bond donors (Lipinski definition) is 1. The lowest BCUT2D eigenvalue weighted by Crippen LogP contribution is -2.14. The predicted molar refractivity (Wildman–Crippen MR) is 197 cm³/mol. The van der Waals surface area contributed by atoms with Crippen LogP contribution in [-0.2, 0) is 15.0 Å². The highest BCUT2D eigenvalue weighted by Crippen LogP contribution is 2.39. The second kappa shape index (κ2) is 15.0. The average Bonchev–Trinajstić information content (AvgIpc) is 3.06. The Morgan fingerprint density at radius 3 is 1.34 bits per heavy atom. The number of hydrogen-bond acceptors (Lipinski definition) is 4. The van der Waals surface area contributed by atoms with Gasteiger partial charge in [-0.15, -0.1) is 0 Å². The highest BCUT2D eigenvalue weighted by atomic mass is 16.2. The van der Waals surface area contributed by atoms with E-state index in [9.17, 15) is 9.59 Å². The maximum atomic E-state index is 12.5. The third-order valence-electron chi connectivity index (χ3n) is 8.06. The van der Waals surface area contributed by atoms with Gasteiger partial charge in [-0.2, -0.15) is 0 Å². The summed E-state index contributed by atoms with van der Waals surface area (Å²) in [5.74, 6) is 0.275. The van der Waals surface area contributed by atoms with Gasteiger partial charge in [0.15, 0.2) is 0 Å². The fourth-order valence-electron chi connectivity index (χ4n) is 5.64. The summed E-state index contributed by atoms with van der Waals surface area (Å²) in [5.41, 5.74) is 8.32. The maximum absolute atomic E-state index is 12.5. The van der Waals surface area contributed by atoms with Crippen LogP contribution >= 0.6 is 0 Å². The molecule has 0 radical (unpaired) electrons. The lowest BCUT2D eigenvalue weighted by Gasteiger charge is -2.29. The zero-order valence-electron chi connectivity index (χ0n) is 28.1. The molecule has 0 aliphatic heterocycles. The smallest absolute Gasteiger partial charge is 0.224 e. The van der Waals surface area contributed by atoms with Crippen LogP contribution in [0.5, 0.6) is 0 Å². The Labute approximate surface area is 279 Å². The van der Waals surface area contributed by atoms with Gasteiger partial charge in [0.2, 0.25) is 5.91 Å². The van der Waals surface area contributed by atoms with Gasteiger partial charge in [0.1, 0.15) is 5.78 Å². The van der Waals surface area contributed by atoms with Gasteiger partial charge < -0.3 is 15.1 Å². The first-order chi connectivity index (χ1) is 22.6. The number of para-hydroxylation sites is 2. The summed E-state index contributed by atoms with van der Waals surface area (Å²) in [6, 6.07) is 45.9. The molecule has 0 heterocycles. The second-order valence-electron chi connectivity index (χ2n) is 13.4. The van der Waals surface area contributed by atoms with Crippen LogP contribution in [0, 0.1) is 5.92 Å². The number of Topliss-reactive ketones (excluding diaryl/α,β-unsaturated/α-hetero) is 1. The van der Waals surface area contributed by atoms with Gasteiger partial charge in [0, 0.05) is 59.1 Å². The molecule has 47 heavy (non-hydrogen) atoms. The molecule has 0 unspecified atom stereocenters. The van der Waals surface area contributed by atoms with Crippen molar-refractivity contribution in [1.29, 1.82) is 0 Å². The molecule has 5 nitrogen and oxygen atoms in total. The lowest BCUT2D eigenvalue weighted by molar-refractivity contribution is -0.123. The Morgan fingerprint density at radius 1 is 0.553 bits per heavy atom. The third kappa shape index (κ3) is 8.76. The molecule has 0 saturated heterocycles. The van der Waals surface area contributed by atoms with Crippen molar-refractivity contribution in [3.05, 3.63) is 139 Å².